The first-order chi connectivity index (χ1) is 15.0. The first-order valence-corrected chi connectivity index (χ1v) is 11.7. The van der Waals surface area contributed by atoms with Gasteiger partial charge in [-0.3, -0.25) is 4.79 Å². The molecule has 12 heteroatoms. The Morgan fingerprint density at radius 1 is 1.34 bits per heavy atom. The topological polar surface area (TPSA) is 137 Å². The van der Waals surface area contributed by atoms with E-state index in [2.05, 4.69) is 4.40 Å². The molecule has 0 unspecified atom stereocenters. The molecule has 2 rings (SSSR count). The molecule has 1 aromatic heterocycles. The summed E-state index contributed by atoms with van der Waals surface area (Å²) in [4.78, 5) is 12.6. The first kappa shape index (κ1) is 25.1. The molecule has 2 aromatic rings. The van der Waals surface area contributed by atoms with Gasteiger partial charge >= 0.3 is 21.8 Å². The van der Waals surface area contributed by atoms with Gasteiger partial charge in [-0.1, -0.05) is 11.6 Å². The minimum absolute atomic E-state index is 0.0921. The fourth-order valence-corrected chi connectivity index (χ4v) is 5.01. The highest BCUT2D eigenvalue weighted by Gasteiger charge is 2.30. The number of aliphatic carboxylic acids is 1. The number of allylic oxidation sites excluding steroid dienone is 1. The minimum Gasteiger partial charge on any atom is -0.762 e. The van der Waals surface area contributed by atoms with E-state index in [0.29, 0.717) is 5.56 Å². The Morgan fingerprint density at radius 3 is 2.47 bits per heavy atom. The Hall–Kier alpha value is -3.16. The summed E-state index contributed by atoms with van der Waals surface area (Å²) >= 11 is 6.87. The number of nitrogens with zero attached hydrogens (tertiary/aromatic N) is 5. The molecular formula is C20H18ClN5O4S2. The van der Waals surface area contributed by atoms with E-state index in [-0.39, 0.29) is 20.6 Å². The molecule has 166 valence electrons. The third kappa shape index (κ3) is 5.96. The molecule has 0 atom stereocenters. The molecule has 0 aliphatic rings. The number of sulfonamides is 1. The van der Waals surface area contributed by atoms with Crippen LogP contribution in [0.3, 0.4) is 0 Å². The number of nitriles is 1. The molecule has 0 fully saturated rings. The van der Waals surface area contributed by atoms with Crippen LogP contribution in [0.25, 0.3) is 5.41 Å². The second-order valence-electron chi connectivity index (χ2n) is 6.58. The van der Waals surface area contributed by atoms with Crippen molar-refractivity contribution < 1.29 is 22.9 Å². The maximum Gasteiger partial charge on any atom is 0.371 e. The van der Waals surface area contributed by atoms with E-state index in [0.717, 1.165) is 17.4 Å². The van der Waals surface area contributed by atoms with Gasteiger partial charge < -0.3 is 15.4 Å². The fourth-order valence-electron chi connectivity index (χ4n) is 2.46. The summed E-state index contributed by atoms with van der Waals surface area (Å²) < 4.78 is 31.4. The van der Waals surface area contributed by atoms with Crippen molar-refractivity contribution in [3.05, 3.63) is 58.2 Å². The first-order valence-electron chi connectivity index (χ1n) is 8.86. The summed E-state index contributed by atoms with van der Waals surface area (Å²) in [5.74, 6) is -0.259. The monoisotopic (exact) mass is 491 g/mol. The molecule has 0 aliphatic heterocycles. The van der Waals surface area contributed by atoms with Crippen LogP contribution in [0.15, 0.2) is 56.4 Å². The molecule has 0 radical (unpaired) electrons. The van der Waals surface area contributed by atoms with Gasteiger partial charge in [-0.05, 0) is 24.6 Å². The van der Waals surface area contributed by atoms with Gasteiger partial charge in [0.15, 0.2) is 5.57 Å². The Morgan fingerprint density at radius 2 is 1.97 bits per heavy atom. The highest BCUT2D eigenvalue weighted by atomic mass is 35.5. The molecule has 1 aromatic carbocycles. The number of benzene rings is 1. The number of hydrogen-bond donors (Lipinski definition) is 1. The van der Waals surface area contributed by atoms with Crippen LogP contribution in [-0.4, -0.2) is 51.0 Å². The van der Waals surface area contributed by atoms with Crippen LogP contribution in [0.4, 0.5) is 5.69 Å². The number of anilines is 1. The summed E-state index contributed by atoms with van der Waals surface area (Å²) in [6.45, 7) is 1.59. The maximum absolute atomic E-state index is 13.2. The predicted molar refractivity (Wildman–Crippen MR) is 123 cm³/mol. The molecule has 1 N–H and O–H groups in total. The maximum atomic E-state index is 13.2. The molecule has 0 aliphatic carbocycles. The van der Waals surface area contributed by atoms with Crippen LogP contribution >= 0.6 is 23.4 Å². The van der Waals surface area contributed by atoms with Crippen molar-refractivity contribution in [2.75, 3.05) is 24.7 Å². The van der Waals surface area contributed by atoms with Gasteiger partial charge in [-0.15, -0.1) is 11.8 Å². The van der Waals surface area contributed by atoms with E-state index in [1.165, 1.54) is 29.1 Å². The van der Waals surface area contributed by atoms with Crippen molar-refractivity contribution in [1.29, 1.82) is 5.26 Å². The minimum atomic E-state index is -4.46. The van der Waals surface area contributed by atoms with E-state index in [1.807, 2.05) is 19.0 Å². The van der Waals surface area contributed by atoms with Crippen LogP contribution < -0.4 is 9.47 Å². The summed E-state index contributed by atoms with van der Waals surface area (Å²) in [5, 5.41) is 27.9. The number of hydrogen-bond acceptors (Lipinski definition) is 6. The standard InChI is InChI=1S/C20H18ClN5O4S2/c1-13-8-18(17(9-16(13)21)31-12-19(27)28)32(29,30)24-20(14(10-22)11-23)26-6-4-15(5-7-26)25(2)3/h4-9H,12H2,1-3H3,(H,27,28)/b24-20-. The molecular weight excluding hydrogens is 474 g/mol. The summed E-state index contributed by atoms with van der Waals surface area (Å²) in [7, 11) is -0.816. The average Bonchev–Trinajstić information content (AvgIpc) is 2.74. The van der Waals surface area contributed by atoms with Crippen molar-refractivity contribution in [2.24, 2.45) is 4.40 Å². The smallest absolute Gasteiger partial charge is 0.371 e. The van der Waals surface area contributed by atoms with Gasteiger partial charge in [0.25, 0.3) is 0 Å². The molecule has 1 heterocycles. The number of aromatic nitrogens is 1. The van der Waals surface area contributed by atoms with Gasteiger partial charge in [0.1, 0.15) is 11.0 Å². The molecule has 9 nitrogen and oxygen atoms in total. The second-order valence-corrected chi connectivity index (χ2v) is 9.57. The quantitative estimate of drug-likeness (QED) is 0.206. The zero-order chi connectivity index (χ0) is 24.1. The van der Waals surface area contributed by atoms with Crippen LogP contribution in [0.5, 0.6) is 0 Å². The number of aryl methyl sites for hydroxylation is 1. The molecule has 0 saturated heterocycles. The van der Waals surface area contributed by atoms with Crippen molar-refractivity contribution in [3.63, 3.8) is 0 Å². The molecule has 32 heavy (non-hydrogen) atoms. The number of halogens is 1. The lowest BCUT2D eigenvalue weighted by atomic mass is 10.2. The number of carbonyl (C=O) groups is 1. The van der Waals surface area contributed by atoms with Crippen LogP contribution in [0.2, 0.25) is 5.02 Å². The summed E-state index contributed by atoms with van der Waals surface area (Å²) in [6, 6.07) is 7.62. The Kier molecular flexibility index (Phi) is 8.19. The summed E-state index contributed by atoms with van der Waals surface area (Å²) in [6.07, 6.45) is 2.96. The number of thioether (sulfide) groups is 1. The van der Waals surface area contributed by atoms with Gasteiger partial charge in [0.05, 0.1) is 22.5 Å². The second kappa shape index (κ2) is 10.4. The SMILES string of the molecule is Cc1cc(S(=O)(=O)/N=C(/C(=C=[N-])C#N)[n+]2ccc(N(C)C)cc2)c(SCC(=O)O)cc1Cl. The van der Waals surface area contributed by atoms with Crippen molar-refractivity contribution in [2.45, 2.75) is 16.7 Å². The van der Waals surface area contributed by atoms with Crippen LogP contribution in [0.1, 0.15) is 5.56 Å². The largest absolute Gasteiger partial charge is 0.762 e. The molecule has 0 amide bonds. The van der Waals surface area contributed by atoms with E-state index >= 15 is 0 Å². The number of pyridine rings is 1. The lowest BCUT2D eigenvalue weighted by Crippen LogP contribution is -2.44. The molecule has 0 bridgehead atoms. The fraction of sp³-hybridized carbons (Fsp3) is 0.200. The third-order valence-electron chi connectivity index (χ3n) is 4.08. The van der Waals surface area contributed by atoms with Crippen molar-refractivity contribution in [1.82, 2.24) is 0 Å². The van der Waals surface area contributed by atoms with E-state index < -0.39 is 27.3 Å². The number of carboxylic acid groups (broad SMARTS) is 1. The third-order valence-corrected chi connectivity index (χ3v) is 6.96. The number of rotatable bonds is 7. The average molecular weight is 492 g/mol. The highest BCUT2D eigenvalue weighted by molar-refractivity contribution is 8.00. The van der Waals surface area contributed by atoms with E-state index in [1.54, 1.807) is 31.0 Å². The van der Waals surface area contributed by atoms with Crippen molar-refractivity contribution in [3.8, 4) is 6.07 Å². The number of carboxylic acids is 1. The Bertz CT molecular complexity index is 1280. The van der Waals surface area contributed by atoms with Gasteiger partial charge in [0.2, 0.25) is 0 Å². The Labute approximate surface area is 194 Å². The van der Waals surface area contributed by atoms with Crippen molar-refractivity contribution >= 4 is 56.7 Å². The van der Waals surface area contributed by atoms with Crippen LogP contribution in [-0.2, 0) is 14.8 Å². The summed E-state index contributed by atoms with van der Waals surface area (Å²) in [5.41, 5.74) is 0.732. The zero-order valence-corrected chi connectivity index (χ0v) is 19.7. The lowest BCUT2D eigenvalue weighted by Gasteiger charge is -2.11. The van der Waals surface area contributed by atoms with Gasteiger partial charge in [-0.2, -0.15) is 13.7 Å². The predicted octanol–water partition coefficient (Wildman–Crippen LogP) is 2.50. The molecule has 0 spiro atoms. The lowest BCUT2D eigenvalue weighted by molar-refractivity contribution is -0.554. The van der Waals surface area contributed by atoms with Gasteiger partial charge in [0, 0.05) is 41.8 Å². The zero-order valence-electron chi connectivity index (χ0n) is 17.3. The van der Waals surface area contributed by atoms with Crippen LogP contribution in [0, 0.1) is 18.3 Å². The van der Waals surface area contributed by atoms with Gasteiger partial charge in [-0.25, -0.2) is 10.4 Å². The highest BCUT2D eigenvalue weighted by Crippen LogP contribution is 2.33. The Balaban J connectivity index is 2.71. The van der Waals surface area contributed by atoms with E-state index in [9.17, 15) is 23.9 Å². The normalized spacial score (nSPS) is 11.4. The van der Waals surface area contributed by atoms with E-state index in [4.69, 9.17) is 16.7 Å². The molecule has 0 saturated carbocycles.